The van der Waals surface area contributed by atoms with E-state index < -0.39 is 0 Å². The molecule has 1 aromatic heterocycles. The summed E-state index contributed by atoms with van der Waals surface area (Å²) < 4.78 is 1.50. The summed E-state index contributed by atoms with van der Waals surface area (Å²) in [7, 11) is 0. The van der Waals surface area contributed by atoms with Crippen LogP contribution in [-0.2, 0) is 6.42 Å². The minimum absolute atomic E-state index is 1.27. The Kier molecular flexibility index (Phi) is 4.03. The molecule has 1 aromatic rings. The van der Waals surface area contributed by atoms with Gasteiger partial charge in [-0.2, -0.15) is 0 Å². The Morgan fingerprint density at radius 1 is 1.33 bits per heavy atom. The molecule has 0 atom stereocenters. The third-order valence-electron chi connectivity index (χ3n) is 2.14. The SMILES string of the molecule is CCCCc1sc(C)c(C)c1I. The predicted molar refractivity (Wildman–Crippen MR) is 65.1 cm³/mol. The summed E-state index contributed by atoms with van der Waals surface area (Å²) in [5.41, 5.74) is 1.49. The van der Waals surface area contributed by atoms with Gasteiger partial charge in [0.15, 0.2) is 0 Å². The van der Waals surface area contributed by atoms with Crippen LogP contribution in [0, 0.1) is 17.4 Å². The molecule has 0 spiro atoms. The molecule has 0 radical (unpaired) electrons. The maximum Gasteiger partial charge on any atom is 0.0301 e. The molecule has 0 aliphatic rings. The molecule has 1 heterocycles. The second-order valence-electron chi connectivity index (χ2n) is 3.12. The maximum absolute atomic E-state index is 2.48. The molecule has 0 unspecified atom stereocenters. The minimum Gasteiger partial charge on any atom is -0.144 e. The maximum atomic E-state index is 2.48. The lowest BCUT2D eigenvalue weighted by molar-refractivity contribution is 0.802. The molecule has 0 nitrogen and oxygen atoms in total. The topological polar surface area (TPSA) is 0 Å². The largest absolute Gasteiger partial charge is 0.144 e. The molecule has 68 valence electrons. The summed E-state index contributed by atoms with van der Waals surface area (Å²) in [5, 5.41) is 0. The third kappa shape index (κ3) is 2.22. The summed E-state index contributed by atoms with van der Waals surface area (Å²) in [6.07, 6.45) is 3.90. The Balaban J connectivity index is 2.79. The lowest BCUT2D eigenvalue weighted by Crippen LogP contribution is -1.83. The first-order valence-electron chi connectivity index (χ1n) is 4.41. The van der Waals surface area contributed by atoms with Gasteiger partial charge in [0, 0.05) is 13.3 Å². The molecule has 1 rings (SSSR count). The highest BCUT2D eigenvalue weighted by Crippen LogP contribution is 2.29. The van der Waals surface area contributed by atoms with E-state index in [-0.39, 0.29) is 0 Å². The van der Waals surface area contributed by atoms with Gasteiger partial charge in [-0.25, -0.2) is 0 Å². The van der Waals surface area contributed by atoms with Crippen LogP contribution in [0.25, 0.3) is 0 Å². The lowest BCUT2D eigenvalue weighted by Gasteiger charge is -1.95. The molecule has 0 amide bonds. The van der Waals surface area contributed by atoms with Crippen molar-refractivity contribution in [2.75, 3.05) is 0 Å². The van der Waals surface area contributed by atoms with Crippen molar-refractivity contribution in [1.82, 2.24) is 0 Å². The molecular formula is C10H15IS. The van der Waals surface area contributed by atoms with Crippen molar-refractivity contribution in [1.29, 1.82) is 0 Å². The Morgan fingerprint density at radius 2 is 2.00 bits per heavy atom. The van der Waals surface area contributed by atoms with Crippen LogP contribution < -0.4 is 0 Å². The number of halogens is 1. The van der Waals surface area contributed by atoms with E-state index in [1.807, 2.05) is 11.3 Å². The fourth-order valence-corrected chi connectivity index (χ4v) is 3.47. The first-order valence-corrected chi connectivity index (χ1v) is 6.30. The van der Waals surface area contributed by atoms with E-state index in [2.05, 4.69) is 43.4 Å². The van der Waals surface area contributed by atoms with Gasteiger partial charge in [-0.3, -0.25) is 0 Å². The first kappa shape index (κ1) is 10.5. The lowest BCUT2D eigenvalue weighted by atomic mass is 10.2. The number of unbranched alkanes of at least 4 members (excludes halogenated alkanes) is 1. The van der Waals surface area contributed by atoms with Crippen molar-refractivity contribution in [3.63, 3.8) is 0 Å². The van der Waals surface area contributed by atoms with Gasteiger partial charge < -0.3 is 0 Å². The summed E-state index contributed by atoms with van der Waals surface area (Å²) in [6.45, 7) is 6.70. The highest BCUT2D eigenvalue weighted by Gasteiger charge is 2.08. The van der Waals surface area contributed by atoms with Crippen molar-refractivity contribution in [2.24, 2.45) is 0 Å². The summed E-state index contributed by atoms with van der Waals surface area (Å²) >= 11 is 4.45. The van der Waals surface area contributed by atoms with Crippen molar-refractivity contribution in [3.05, 3.63) is 18.9 Å². The molecule has 0 aliphatic heterocycles. The molecule has 2 heteroatoms. The zero-order valence-electron chi connectivity index (χ0n) is 7.91. The molecular weight excluding hydrogens is 279 g/mol. The van der Waals surface area contributed by atoms with Gasteiger partial charge >= 0.3 is 0 Å². The van der Waals surface area contributed by atoms with Gasteiger partial charge in [0.2, 0.25) is 0 Å². The number of aryl methyl sites for hydroxylation is 2. The van der Waals surface area contributed by atoms with Crippen LogP contribution in [-0.4, -0.2) is 0 Å². The second kappa shape index (κ2) is 4.61. The Labute approximate surface area is 92.5 Å². The summed E-state index contributed by atoms with van der Waals surface area (Å²) in [5.74, 6) is 0. The van der Waals surface area contributed by atoms with Crippen LogP contribution >= 0.6 is 33.9 Å². The fourth-order valence-electron chi connectivity index (χ4n) is 1.17. The first-order chi connectivity index (χ1) is 5.66. The van der Waals surface area contributed by atoms with E-state index in [9.17, 15) is 0 Å². The van der Waals surface area contributed by atoms with Crippen molar-refractivity contribution in [3.8, 4) is 0 Å². The molecule has 0 aliphatic carbocycles. The number of thiophene rings is 1. The summed E-state index contributed by atoms with van der Waals surface area (Å²) in [6, 6.07) is 0. The summed E-state index contributed by atoms with van der Waals surface area (Å²) in [4.78, 5) is 3.08. The van der Waals surface area contributed by atoms with Crippen molar-refractivity contribution in [2.45, 2.75) is 40.0 Å². The van der Waals surface area contributed by atoms with E-state index in [1.54, 1.807) is 4.88 Å². The van der Waals surface area contributed by atoms with E-state index in [4.69, 9.17) is 0 Å². The van der Waals surface area contributed by atoms with Gasteiger partial charge in [0.1, 0.15) is 0 Å². The van der Waals surface area contributed by atoms with Gasteiger partial charge in [-0.15, -0.1) is 11.3 Å². The quantitative estimate of drug-likeness (QED) is 0.729. The van der Waals surface area contributed by atoms with Crippen LogP contribution in [0.5, 0.6) is 0 Å². The Hall–Kier alpha value is 0.430. The zero-order chi connectivity index (χ0) is 9.14. The van der Waals surface area contributed by atoms with E-state index >= 15 is 0 Å². The average Bonchev–Trinajstić information content (AvgIpc) is 2.30. The molecule has 0 fully saturated rings. The van der Waals surface area contributed by atoms with Crippen LogP contribution in [0.15, 0.2) is 0 Å². The van der Waals surface area contributed by atoms with Gasteiger partial charge in [-0.1, -0.05) is 13.3 Å². The number of hydrogen-bond acceptors (Lipinski definition) is 1. The molecule has 0 saturated heterocycles. The predicted octanol–water partition coefficient (Wildman–Crippen LogP) is 4.31. The van der Waals surface area contributed by atoms with Crippen LogP contribution in [0.4, 0.5) is 0 Å². The van der Waals surface area contributed by atoms with Crippen LogP contribution in [0.1, 0.15) is 35.1 Å². The van der Waals surface area contributed by atoms with E-state index in [0.29, 0.717) is 0 Å². The minimum atomic E-state index is 1.27. The standard InChI is InChI=1S/C10H15IS/c1-4-5-6-9-10(11)7(2)8(3)12-9/h4-6H2,1-3H3. The van der Waals surface area contributed by atoms with Crippen molar-refractivity contribution < 1.29 is 0 Å². The van der Waals surface area contributed by atoms with E-state index in [0.717, 1.165) is 0 Å². The highest BCUT2D eigenvalue weighted by atomic mass is 127. The molecule has 0 bridgehead atoms. The van der Waals surface area contributed by atoms with Gasteiger partial charge in [0.25, 0.3) is 0 Å². The van der Waals surface area contributed by atoms with E-state index in [1.165, 1.54) is 33.3 Å². The van der Waals surface area contributed by atoms with Crippen LogP contribution in [0.2, 0.25) is 0 Å². The molecule has 12 heavy (non-hydrogen) atoms. The smallest absolute Gasteiger partial charge is 0.0301 e. The normalized spacial score (nSPS) is 10.7. The molecule has 0 N–H and O–H groups in total. The average molecular weight is 294 g/mol. The fraction of sp³-hybridized carbons (Fsp3) is 0.600. The second-order valence-corrected chi connectivity index (χ2v) is 5.51. The van der Waals surface area contributed by atoms with Gasteiger partial charge in [-0.05, 0) is 54.8 Å². The highest BCUT2D eigenvalue weighted by molar-refractivity contribution is 14.1. The van der Waals surface area contributed by atoms with Gasteiger partial charge in [0.05, 0.1) is 0 Å². The molecule has 0 aromatic carbocycles. The van der Waals surface area contributed by atoms with Crippen LogP contribution in [0.3, 0.4) is 0 Å². The third-order valence-corrected chi connectivity index (χ3v) is 5.23. The number of hydrogen-bond donors (Lipinski definition) is 0. The molecule has 0 saturated carbocycles. The Bertz CT molecular complexity index is 263. The van der Waals surface area contributed by atoms with Crippen molar-refractivity contribution >= 4 is 33.9 Å². The Morgan fingerprint density at radius 3 is 2.42 bits per heavy atom. The number of rotatable bonds is 3. The monoisotopic (exact) mass is 294 g/mol. The zero-order valence-corrected chi connectivity index (χ0v) is 10.9.